The molecule has 0 saturated carbocycles. The van der Waals surface area contributed by atoms with Crippen LogP contribution in [0.1, 0.15) is 10.4 Å². The summed E-state index contributed by atoms with van der Waals surface area (Å²) < 4.78 is 10.2. The molecule has 0 aliphatic rings. The second-order valence-corrected chi connectivity index (χ2v) is 4.10. The average Bonchev–Trinajstić information content (AvgIpc) is 2.54. The Morgan fingerprint density at radius 2 is 2.00 bits per heavy atom. The molecule has 1 aromatic carbocycles. The molecule has 0 atom stereocenters. The van der Waals surface area contributed by atoms with Crippen molar-refractivity contribution in [3.05, 3.63) is 29.8 Å². The first-order valence-corrected chi connectivity index (χ1v) is 5.96. The maximum absolute atomic E-state index is 11.0. The van der Waals surface area contributed by atoms with E-state index < -0.39 is 0 Å². The fraction of sp³-hybridized carbons (Fsp3) is 0.143. The van der Waals surface area contributed by atoms with E-state index in [1.807, 2.05) is 5.48 Å². The number of phenolic OH excluding ortho intramolecular Hbond substituents is 1. The molecule has 1 heterocycles. The van der Waals surface area contributed by atoms with E-state index in [1.165, 1.54) is 26.4 Å². The maximum atomic E-state index is 11.0. The van der Waals surface area contributed by atoms with Crippen LogP contribution < -0.4 is 15.0 Å². The maximum Gasteiger partial charge on any atom is 0.224 e. The van der Waals surface area contributed by atoms with Crippen molar-refractivity contribution in [1.29, 1.82) is 0 Å². The van der Waals surface area contributed by atoms with Gasteiger partial charge in [0.25, 0.3) is 0 Å². The van der Waals surface area contributed by atoms with Gasteiger partial charge in [0.05, 0.1) is 19.8 Å². The van der Waals surface area contributed by atoms with Crippen LogP contribution in [-0.2, 0) is 0 Å². The number of phenols is 1. The number of carbonyl (C=O) groups excluding carboxylic acids is 1. The Kier molecular flexibility index (Phi) is 4.24. The number of hydrogen-bond acceptors (Lipinski definition) is 7. The van der Waals surface area contributed by atoms with Crippen molar-refractivity contribution in [2.24, 2.45) is 0 Å². The first kappa shape index (κ1) is 14.6. The van der Waals surface area contributed by atoms with Crippen molar-refractivity contribution < 1.29 is 24.6 Å². The van der Waals surface area contributed by atoms with E-state index in [-0.39, 0.29) is 17.0 Å². The molecule has 0 bridgehead atoms. The number of aromatic hydroxyl groups is 1. The molecule has 0 fully saturated rings. The molecule has 0 unspecified atom stereocenters. The van der Waals surface area contributed by atoms with Crippen LogP contribution in [0.15, 0.2) is 24.3 Å². The van der Waals surface area contributed by atoms with Gasteiger partial charge in [-0.3, -0.25) is 15.5 Å². The standard InChI is InChI=1S/C14H14N2O5/c1-20-12-4-3-10(14(15-12)21-2)8-5-9(7-17)13(18)11(6-8)16-19/h3-7,16,18-19H,1-2H3. The lowest BCUT2D eigenvalue weighted by atomic mass is 10.0. The van der Waals surface area contributed by atoms with Crippen LogP contribution in [0.4, 0.5) is 5.69 Å². The van der Waals surface area contributed by atoms with E-state index in [9.17, 15) is 9.90 Å². The number of anilines is 1. The molecule has 0 amide bonds. The monoisotopic (exact) mass is 290 g/mol. The Morgan fingerprint density at radius 1 is 1.24 bits per heavy atom. The number of nitrogens with zero attached hydrogens (tertiary/aromatic N) is 1. The highest BCUT2D eigenvalue weighted by Gasteiger charge is 2.14. The Morgan fingerprint density at radius 3 is 2.57 bits per heavy atom. The smallest absolute Gasteiger partial charge is 0.224 e. The number of rotatable bonds is 5. The van der Waals surface area contributed by atoms with Gasteiger partial charge in [0.15, 0.2) is 12.0 Å². The summed E-state index contributed by atoms with van der Waals surface area (Å²) in [7, 11) is 2.94. The number of ether oxygens (including phenoxy) is 2. The van der Waals surface area contributed by atoms with Gasteiger partial charge in [0.2, 0.25) is 11.8 Å². The van der Waals surface area contributed by atoms with Gasteiger partial charge in [0, 0.05) is 11.6 Å². The summed E-state index contributed by atoms with van der Waals surface area (Å²) in [6.07, 6.45) is 0.489. The number of benzene rings is 1. The third-order valence-electron chi connectivity index (χ3n) is 2.94. The molecule has 0 saturated heterocycles. The minimum Gasteiger partial charge on any atom is -0.505 e. The minimum atomic E-state index is -0.336. The minimum absolute atomic E-state index is 0.00692. The zero-order chi connectivity index (χ0) is 15.4. The zero-order valence-electron chi connectivity index (χ0n) is 11.5. The normalized spacial score (nSPS) is 10.0. The van der Waals surface area contributed by atoms with Crippen molar-refractivity contribution in [2.45, 2.75) is 0 Å². The molecule has 7 heteroatoms. The van der Waals surface area contributed by atoms with Crippen molar-refractivity contribution in [1.82, 2.24) is 4.98 Å². The van der Waals surface area contributed by atoms with Gasteiger partial charge < -0.3 is 14.6 Å². The Labute approximate surface area is 120 Å². The molecule has 0 aliphatic carbocycles. The summed E-state index contributed by atoms with van der Waals surface area (Å²) in [5, 5.41) is 18.8. The third kappa shape index (κ3) is 2.72. The van der Waals surface area contributed by atoms with E-state index in [4.69, 9.17) is 14.7 Å². The molecule has 3 N–H and O–H groups in total. The molecule has 2 rings (SSSR count). The summed E-state index contributed by atoms with van der Waals surface area (Å²) >= 11 is 0. The SMILES string of the molecule is COc1ccc(-c2cc(C=O)c(O)c(NO)c2)c(OC)n1. The molecule has 2 aromatic rings. The van der Waals surface area contributed by atoms with Gasteiger partial charge in [-0.1, -0.05) is 0 Å². The van der Waals surface area contributed by atoms with Crippen molar-refractivity contribution in [3.63, 3.8) is 0 Å². The molecule has 21 heavy (non-hydrogen) atoms. The topological polar surface area (TPSA) is 101 Å². The number of methoxy groups -OCH3 is 2. The lowest BCUT2D eigenvalue weighted by Gasteiger charge is -2.12. The highest BCUT2D eigenvalue weighted by molar-refractivity contribution is 5.88. The fourth-order valence-corrected chi connectivity index (χ4v) is 1.90. The van der Waals surface area contributed by atoms with Gasteiger partial charge in [-0.15, -0.1) is 0 Å². The van der Waals surface area contributed by atoms with E-state index in [2.05, 4.69) is 4.98 Å². The molecule has 0 spiro atoms. The van der Waals surface area contributed by atoms with Crippen LogP contribution >= 0.6 is 0 Å². The molecule has 0 aliphatic heterocycles. The van der Waals surface area contributed by atoms with Gasteiger partial charge >= 0.3 is 0 Å². The quantitative estimate of drug-likeness (QED) is 0.440. The Bertz CT molecular complexity index is 673. The summed E-state index contributed by atoms with van der Waals surface area (Å²) in [6.45, 7) is 0. The number of nitrogens with one attached hydrogen (secondary N) is 1. The number of hydrogen-bond donors (Lipinski definition) is 3. The predicted octanol–water partition coefficient (Wildman–Crippen LogP) is 2.08. The average molecular weight is 290 g/mol. The van der Waals surface area contributed by atoms with E-state index >= 15 is 0 Å². The van der Waals surface area contributed by atoms with Gasteiger partial charge in [0.1, 0.15) is 5.69 Å². The van der Waals surface area contributed by atoms with E-state index in [0.717, 1.165) is 0 Å². The first-order chi connectivity index (χ1) is 10.1. The summed E-state index contributed by atoms with van der Waals surface area (Å²) in [5.74, 6) is 0.336. The van der Waals surface area contributed by atoms with Crippen LogP contribution in [0, 0.1) is 0 Å². The van der Waals surface area contributed by atoms with Crippen LogP contribution in [0.5, 0.6) is 17.5 Å². The number of aldehydes is 1. The lowest BCUT2D eigenvalue weighted by molar-refractivity contribution is 0.112. The molecule has 110 valence electrons. The van der Waals surface area contributed by atoms with E-state index in [0.29, 0.717) is 29.2 Å². The van der Waals surface area contributed by atoms with Crippen LogP contribution in [0.2, 0.25) is 0 Å². The molecule has 7 nitrogen and oxygen atoms in total. The third-order valence-corrected chi connectivity index (χ3v) is 2.94. The van der Waals surface area contributed by atoms with Crippen LogP contribution in [0.3, 0.4) is 0 Å². The largest absolute Gasteiger partial charge is 0.505 e. The van der Waals surface area contributed by atoms with Crippen LogP contribution in [-0.4, -0.2) is 35.8 Å². The molecular formula is C14H14N2O5. The number of aromatic nitrogens is 1. The first-order valence-electron chi connectivity index (χ1n) is 5.96. The van der Waals surface area contributed by atoms with E-state index in [1.54, 1.807) is 12.1 Å². The van der Waals surface area contributed by atoms with Gasteiger partial charge in [-0.05, 0) is 23.8 Å². The highest BCUT2D eigenvalue weighted by Crippen LogP contribution is 2.36. The molecule has 0 radical (unpaired) electrons. The molecule has 1 aromatic heterocycles. The number of pyridine rings is 1. The zero-order valence-corrected chi connectivity index (χ0v) is 11.5. The second kappa shape index (κ2) is 6.10. The summed E-state index contributed by atoms with van der Waals surface area (Å²) in [4.78, 5) is 15.1. The second-order valence-electron chi connectivity index (χ2n) is 4.10. The van der Waals surface area contributed by atoms with Gasteiger partial charge in [-0.2, -0.15) is 4.98 Å². The number of carbonyl (C=O) groups is 1. The Balaban J connectivity index is 2.63. The summed E-state index contributed by atoms with van der Waals surface area (Å²) in [6, 6.07) is 6.27. The molecular weight excluding hydrogens is 276 g/mol. The van der Waals surface area contributed by atoms with Crippen LogP contribution in [0.25, 0.3) is 11.1 Å². The predicted molar refractivity (Wildman–Crippen MR) is 75.2 cm³/mol. The summed E-state index contributed by atoms with van der Waals surface area (Å²) in [5.41, 5.74) is 3.00. The van der Waals surface area contributed by atoms with Gasteiger partial charge in [-0.25, -0.2) is 0 Å². The highest BCUT2D eigenvalue weighted by atomic mass is 16.5. The van der Waals surface area contributed by atoms with Crippen molar-refractivity contribution in [2.75, 3.05) is 19.7 Å². The Hall–Kier alpha value is -2.80. The van der Waals surface area contributed by atoms with Crippen molar-refractivity contribution >= 4 is 12.0 Å². The lowest BCUT2D eigenvalue weighted by Crippen LogP contribution is -1.97. The van der Waals surface area contributed by atoms with Crippen molar-refractivity contribution in [3.8, 4) is 28.6 Å². The fourth-order valence-electron chi connectivity index (χ4n) is 1.90.